The van der Waals surface area contributed by atoms with Crippen LogP contribution in [0.1, 0.15) is 59.3 Å². The molecule has 5 fully saturated rings. The van der Waals surface area contributed by atoms with Crippen LogP contribution in [0, 0.1) is 17.8 Å². The average Bonchev–Trinajstić information content (AvgIpc) is 3.52. The summed E-state index contributed by atoms with van der Waals surface area (Å²) in [5.41, 5.74) is 6.51. The minimum Gasteiger partial charge on any atom is -0.444 e. The predicted molar refractivity (Wildman–Crippen MR) is 119 cm³/mol. The van der Waals surface area contributed by atoms with Gasteiger partial charge in [0.25, 0.3) is 0 Å². The lowest BCUT2D eigenvalue weighted by atomic mass is 9.77. The van der Waals surface area contributed by atoms with Crippen molar-refractivity contribution in [3.05, 3.63) is 0 Å². The van der Waals surface area contributed by atoms with E-state index in [1.165, 1.54) is 12.8 Å². The number of ether oxygens (including phenoxy) is 2. The minimum absolute atomic E-state index is 0.0621. The molecule has 4 aliphatic heterocycles. The molecule has 6 atom stereocenters. The van der Waals surface area contributed by atoms with E-state index in [-0.39, 0.29) is 18.5 Å². The molecule has 4 heterocycles. The van der Waals surface area contributed by atoms with Crippen LogP contribution < -0.4 is 16.2 Å². The summed E-state index contributed by atoms with van der Waals surface area (Å²) < 4.78 is 11.2. The van der Waals surface area contributed by atoms with Gasteiger partial charge in [0, 0.05) is 38.2 Å². The van der Waals surface area contributed by atoms with Crippen LogP contribution in [-0.2, 0) is 14.3 Å². The average molecular weight is 452 g/mol. The SMILES string of the molecule is CC(C)(C)OC(=O)N1CCC(C2NOC(C3CCC4CNN([C@@H]5CCOC5)C4C3)N2)CC1. The third-order valence-electron chi connectivity index (χ3n) is 7.95. The molecule has 0 aromatic rings. The first kappa shape index (κ1) is 22.8. The molecule has 0 radical (unpaired) electrons. The third-order valence-corrected chi connectivity index (χ3v) is 7.95. The molecule has 0 aromatic heterocycles. The predicted octanol–water partition coefficient (Wildman–Crippen LogP) is 1.80. The van der Waals surface area contributed by atoms with E-state index in [2.05, 4.69) is 21.2 Å². The Morgan fingerprint density at radius 2 is 1.81 bits per heavy atom. The monoisotopic (exact) mass is 451 g/mol. The molecule has 9 heteroatoms. The van der Waals surface area contributed by atoms with E-state index in [0.29, 0.717) is 23.9 Å². The number of hydrazine groups is 1. The summed E-state index contributed by atoms with van der Waals surface area (Å²) in [6, 6.07) is 1.10. The van der Waals surface area contributed by atoms with Crippen molar-refractivity contribution in [1.82, 2.24) is 26.1 Å². The summed E-state index contributed by atoms with van der Waals surface area (Å²) >= 11 is 0. The fraction of sp³-hybridized carbons (Fsp3) is 0.957. The van der Waals surface area contributed by atoms with Gasteiger partial charge < -0.3 is 14.4 Å². The smallest absolute Gasteiger partial charge is 0.410 e. The van der Waals surface area contributed by atoms with Gasteiger partial charge in [-0.15, -0.1) is 0 Å². The minimum atomic E-state index is -0.447. The molecular formula is C23H41N5O4. The van der Waals surface area contributed by atoms with Gasteiger partial charge in [-0.3, -0.25) is 15.6 Å². The molecule has 1 amide bonds. The standard InChI is InChI=1S/C23H41N5O4/c1-23(2,3)31-22(29)27-9-6-15(7-10-27)20-25-21(32-26-20)16-4-5-17-13-24-28(19(17)12-16)18-8-11-30-14-18/h15-21,24-26H,4-14H2,1-3H3/t16?,17?,18-,19?,20?,21?/m1/s1. The number of hydrogen-bond donors (Lipinski definition) is 3. The molecule has 1 saturated carbocycles. The van der Waals surface area contributed by atoms with Gasteiger partial charge in [0.05, 0.1) is 18.8 Å². The van der Waals surface area contributed by atoms with Crippen LogP contribution in [0.15, 0.2) is 0 Å². The van der Waals surface area contributed by atoms with E-state index < -0.39 is 5.60 Å². The number of rotatable bonds is 3. The van der Waals surface area contributed by atoms with Gasteiger partial charge >= 0.3 is 6.09 Å². The van der Waals surface area contributed by atoms with Crippen LogP contribution >= 0.6 is 0 Å². The van der Waals surface area contributed by atoms with Crippen molar-refractivity contribution in [1.29, 1.82) is 0 Å². The number of fused-ring (bicyclic) bond motifs is 1. The number of likely N-dealkylation sites (tertiary alicyclic amines) is 1. The maximum Gasteiger partial charge on any atom is 0.410 e. The first-order valence-corrected chi connectivity index (χ1v) is 12.6. The van der Waals surface area contributed by atoms with Crippen LogP contribution in [0.5, 0.6) is 0 Å². The maximum atomic E-state index is 12.3. The highest BCUT2D eigenvalue weighted by Gasteiger charge is 2.46. The van der Waals surface area contributed by atoms with Crippen molar-refractivity contribution in [3.8, 4) is 0 Å². The molecule has 5 aliphatic rings. The zero-order valence-corrected chi connectivity index (χ0v) is 19.8. The molecule has 182 valence electrons. The van der Waals surface area contributed by atoms with E-state index in [9.17, 15) is 4.79 Å². The second-order valence-corrected chi connectivity index (χ2v) is 11.3. The summed E-state index contributed by atoms with van der Waals surface area (Å²) in [5, 5.41) is 6.26. The number of piperidine rings is 1. The van der Waals surface area contributed by atoms with Crippen molar-refractivity contribution in [2.75, 3.05) is 32.8 Å². The Kier molecular flexibility index (Phi) is 6.66. The zero-order valence-electron chi connectivity index (χ0n) is 19.8. The molecule has 4 saturated heterocycles. The largest absolute Gasteiger partial charge is 0.444 e. The Balaban J connectivity index is 1.10. The molecule has 1 aliphatic carbocycles. The normalized spacial score (nSPS) is 39.4. The highest BCUT2D eigenvalue weighted by Crippen LogP contribution is 2.39. The Morgan fingerprint density at radius 3 is 2.53 bits per heavy atom. The molecule has 5 rings (SSSR count). The zero-order chi connectivity index (χ0) is 22.3. The summed E-state index contributed by atoms with van der Waals surface area (Å²) in [4.78, 5) is 20.3. The van der Waals surface area contributed by atoms with Gasteiger partial charge in [-0.1, -0.05) is 0 Å². The first-order chi connectivity index (χ1) is 15.4. The second kappa shape index (κ2) is 9.35. The lowest BCUT2D eigenvalue weighted by Gasteiger charge is -2.39. The fourth-order valence-corrected chi connectivity index (χ4v) is 6.17. The number of hydrogen-bond acceptors (Lipinski definition) is 8. The molecule has 5 unspecified atom stereocenters. The van der Waals surface area contributed by atoms with Crippen LogP contribution in [0.2, 0.25) is 0 Å². The van der Waals surface area contributed by atoms with E-state index in [0.717, 1.165) is 64.4 Å². The van der Waals surface area contributed by atoms with Crippen molar-refractivity contribution >= 4 is 6.09 Å². The van der Waals surface area contributed by atoms with Crippen molar-refractivity contribution < 1.29 is 19.1 Å². The highest BCUT2D eigenvalue weighted by atomic mass is 16.7. The topological polar surface area (TPSA) is 87.3 Å². The van der Waals surface area contributed by atoms with Crippen LogP contribution in [0.25, 0.3) is 0 Å². The molecule has 0 aromatic carbocycles. The Labute approximate surface area is 191 Å². The molecule has 0 bridgehead atoms. The van der Waals surface area contributed by atoms with E-state index >= 15 is 0 Å². The molecule has 32 heavy (non-hydrogen) atoms. The van der Waals surface area contributed by atoms with Crippen molar-refractivity contribution in [3.63, 3.8) is 0 Å². The van der Waals surface area contributed by atoms with E-state index in [4.69, 9.17) is 14.3 Å². The quantitative estimate of drug-likeness (QED) is 0.599. The number of carbonyl (C=O) groups is 1. The van der Waals surface area contributed by atoms with Gasteiger partial charge in [0.15, 0.2) is 0 Å². The summed E-state index contributed by atoms with van der Waals surface area (Å²) in [6.45, 7) is 10.1. The van der Waals surface area contributed by atoms with Crippen LogP contribution in [0.3, 0.4) is 0 Å². The number of amides is 1. The van der Waals surface area contributed by atoms with Gasteiger partial charge in [0.1, 0.15) is 11.8 Å². The lowest BCUT2D eigenvalue weighted by molar-refractivity contribution is -0.0398. The van der Waals surface area contributed by atoms with Crippen molar-refractivity contribution in [2.45, 2.75) is 89.4 Å². The Morgan fingerprint density at radius 1 is 1.03 bits per heavy atom. The number of nitrogens with zero attached hydrogens (tertiary/aromatic N) is 2. The maximum absolute atomic E-state index is 12.3. The van der Waals surface area contributed by atoms with Gasteiger partial charge in [-0.05, 0) is 71.1 Å². The van der Waals surface area contributed by atoms with Gasteiger partial charge in [0.2, 0.25) is 0 Å². The Hall–Kier alpha value is -0.970. The Bertz CT molecular complexity index is 659. The first-order valence-electron chi connectivity index (χ1n) is 12.6. The van der Waals surface area contributed by atoms with Crippen molar-refractivity contribution in [2.24, 2.45) is 17.8 Å². The summed E-state index contributed by atoms with van der Waals surface area (Å²) in [5.74, 6) is 1.71. The molecule has 9 nitrogen and oxygen atoms in total. The fourth-order valence-electron chi connectivity index (χ4n) is 6.17. The molecule has 0 spiro atoms. The number of nitrogens with one attached hydrogen (secondary N) is 3. The molecular weight excluding hydrogens is 410 g/mol. The van der Waals surface area contributed by atoms with Crippen LogP contribution in [-0.4, -0.2) is 78.9 Å². The summed E-state index contributed by atoms with van der Waals surface area (Å²) in [7, 11) is 0. The van der Waals surface area contributed by atoms with Gasteiger partial charge in [-0.25, -0.2) is 9.80 Å². The molecule has 3 N–H and O–H groups in total. The third kappa shape index (κ3) is 4.93. The number of hydroxylamine groups is 1. The van der Waals surface area contributed by atoms with E-state index in [1.54, 1.807) is 0 Å². The van der Waals surface area contributed by atoms with E-state index in [1.807, 2.05) is 25.7 Å². The van der Waals surface area contributed by atoms with Crippen LogP contribution in [0.4, 0.5) is 4.79 Å². The summed E-state index contributed by atoms with van der Waals surface area (Å²) in [6.07, 6.45) is 6.68. The number of carbonyl (C=O) groups excluding carboxylic acids is 1. The van der Waals surface area contributed by atoms with Gasteiger partial charge in [-0.2, -0.15) is 5.48 Å². The lowest BCUT2D eigenvalue weighted by Crippen LogP contribution is -2.51. The second-order valence-electron chi connectivity index (χ2n) is 11.3. The highest BCUT2D eigenvalue weighted by molar-refractivity contribution is 5.68.